The topological polar surface area (TPSA) is 63.0 Å². The molecule has 0 aliphatic heterocycles. The summed E-state index contributed by atoms with van der Waals surface area (Å²) in [5.74, 6) is -0.0844. The van der Waals surface area contributed by atoms with Gasteiger partial charge in [-0.3, -0.25) is 0 Å². The van der Waals surface area contributed by atoms with Crippen LogP contribution in [0.4, 0.5) is 0 Å². The molecule has 0 unspecified atom stereocenters. The smallest absolute Gasteiger partial charge is 0.345 e. The lowest BCUT2D eigenvalue weighted by Gasteiger charge is -2.04. The number of rotatable bonds is 3. The van der Waals surface area contributed by atoms with Crippen molar-refractivity contribution in [3.05, 3.63) is 58.9 Å². The minimum Gasteiger partial charge on any atom is -0.423 e. The second-order valence-electron chi connectivity index (χ2n) is 3.74. The number of carbonyl (C=O) groups excluding carboxylic acids is 1. The van der Waals surface area contributed by atoms with E-state index in [4.69, 9.17) is 21.6 Å². The summed E-state index contributed by atoms with van der Waals surface area (Å²) in [4.78, 5) is 15.6. The van der Waals surface area contributed by atoms with Crippen molar-refractivity contribution in [1.82, 2.24) is 4.98 Å². The van der Waals surface area contributed by atoms with Gasteiger partial charge in [0.15, 0.2) is 0 Å². The van der Waals surface area contributed by atoms with Crippen LogP contribution in [0.25, 0.3) is 0 Å². The maximum absolute atomic E-state index is 11.8. The summed E-state index contributed by atoms with van der Waals surface area (Å²) in [5.41, 5.74) is 1.20. The summed E-state index contributed by atoms with van der Waals surface area (Å²) < 4.78 is 5.17. The molecule has 0 amide bonds. The molecule has 1 heterocycles. The van der Waals surface area contributed by atoms with Crippen LogP contribution in [0.15, 0.2) is 42.6 Å². The van der Waals surface area contributed by atoms with Crippen LogP contribution in [0, 0.1) is 11.3 Å². The zero-order valence-electron chi connectivity index (χ0n) is 9.84. The van der Waals surface area contributed by atoms with Crippen LogP contribution in [0.3, 0.4) is 0 Å². The Kier molecular flexibility index (Phi) is 4.11. The highest BCUT2D eigenvalue weighted by molar-refractivity contribution is 6.29. The fourth-order valence-electron chi connectivity index (χ4n) is 1.43. The predicted octanol–water partition coefficient (Wildman–Crippen LogP) is 3.02. The molecule has 1 aromatic heterocycles. The van der Waals surface area contributed by atoms with E-state index in [9.17, 15) is 4.79 Å². The molecule has 1 aromatic carbocycles. The fourth-order valence-corrected chi connectivity index (χ4v) is 1.54. The molecule has 0 atom stereocenters. The molecule has 0 aliphatic rings. The summed E-state index contributed by atoms with van der Waals surface area (Å²) in [6, 6.07) is 11.9. The molecule has 0 fully saturated rings. The van der Waals surface area contributed by atoms with Crippen molar-refractivity contribution >= 4 is 17.6 Å². The third kappa shape index (κ3) is 3.54. The highest BCUT2D eigenvalue weighted by Gasteiger charge is 2.08. The Hall–Kier alpha value is -2.38. The molecule has 0 aliphatic carbocycles. The van der Waals surface area contributed by atoms with E-state index in [0.717, 1.165) is 5.56 Å². The van der Waals surface area contributed by atoms with Crippen molar-refractivity contribution in [2.75, 3.05) is 0 Å². The molecule has 0 N–H and O–H groups in total. The van der Waals surface area contributed by atoms with Crippen molar-refractivity contribution in [2.24, 2.45) is 0 Å². The lowest BCUT2D eigenvalue weighted by atomic mass is 10.2. The number of pyridine rings is 1. The second-order valence-corrected chi connectivity index (χ2v) is 4.13. The number of halogens is 1. The number of carbonyl (C=O) groups is 1. The first-order valence-electron chi connectivity index (χ1n) is 5.48. The van der Waals surface area contributed by atoms with E-state index in [1.807, 2.05) is 6.07 Å². The first-order chi connectivity index (χ1) is 9.19. The van der Waals surface area contributed by atoms with Crippen LogP contribution in [-0.2, 0) is 6.42 Å². The number of hydrogen-bond acceptors (Lipinski definition) is 4. The number of benzene rings is 1. The van der Waals surface area contributed by atoms with E-state index >= 15 is 0 Å². The quantitative estimate of drug-likeness (QED) is 0.489. The fraction of sp³-hybridized carbons (Fsp3) is 0.0714. The number of esters is 1. The molecule has 2 rings (SSSR count). The Balaban J connectivity index is 2.06. The number of nitrogens with zero attached hydrogens (tertiary/aromatic N) is 2. The first-order valence-corrected chi connectivity index (χ1v) is 5.86. The number of hydrogen-bond donors (Lipinski definition) is 0. The number of aromatic nitrogens is 1. The minimum absolute atomic E-state index is 0.317. The predicted molar refractivity (Wildman–Crippen MR) is 70.0 cm³/mol. The van der Waals surface area contributed by atoms with Gasteiger partial charge in [0.2, 0.25) is 0 Å². The molecular weight excluding hydrogens is 264 g/mol. The van der Waals surface area contributed by atoms with Gasteiger partial charge in [-0.25, -0.2) is 9.78 Å². The Bertz CT molecular complexity index is 615. The van der Waals surface area contributed by atoms with Crippen molar-refractivity contribution < 1.29 is 9.53 Å². The Morgan fingerprint density at radius 1 is 1.26 bits per heavy atom. The average molecular weight is 273 g/mol. The molecule has 19 heavy (non-hydrogen) atoms. The molecule has 0 spiro atoms. The largest absolute Gasteiger partial charge is 0.423 e. The maximum Gasteiger partial charge on any atom is 0.345 e. The summed E-state index contributed by atoms with van der Waals surface area (Å²) in [7, 11) is 0. The third-order valence-electron chi connectivity index (χ3n) is 2.38. The highest BCUT2D eigenvalue weighted by atomic mass is 35.5. The van der Waals surface area contributed by atoms with Gasteiger partial charge in [-0.1, -0.05) is 23.7 Å². The maximum atomic E-state index is 11.8. The SMILES string of the molecule is N#CCc1ccc(OC(=O)c2ccc(Cl)nc2)cc1. The van der Waals surface area contributed by atoms with Crippen molar-refractivity contribution in [2.45, 2.75) is 6.42 Å². The van der Waals surface area contributed by atoms with E-state index < -0.39 is 5.97 Å². The Morgan fingerprint density at radius 2 is 2.00 bits per heavy atom. The summed E-state index contributed by atoms with van der Waals surface area (Å²) in [6.07, 6.45) is 1.68. The number of ether oxygens (including phenoxy) is 1. The first kappa shape index (κ1) is 13.1. The zero-order valence-corrected chi connectivity index (χ0v) is 10.6. The van der Waals surface area contributed by atoms with Gasteiger partial charge in [0.05, 0.1) is 18.1 Å². The van der Waals surface area contributed by atoms with E-state index in [1.54, 1.807) is 30.3 Å². The molecule has 0 radical (unpaired) electrons. The van der Waals surface area contributed by atoms with E-state index in [-0.39, 0.29) is 0 Å². The van der Waals surface area contributed by atoms with Gasteiger partial charge in [0, 0.05) is 6.20 Å². The molecule has 0 saturated heterocycles. The van der Waals surface area contributed by atoms with Gasteiger partial charge in [-0.15, -0.1) is 0 Å². The van der Waals surface area contributed by atoms with Crippen LogP contribution in [0.5, 0.6) is 5.75 Å². The zero-order chi connectivity index (χ0) is 13.7. The normalized spacial score (nSPS) is 9.68. The van der Waals surface area contributed by atoms with Crippen molar-refractivity contribution in [1.29, 1.82) is 5.26 Å². The lowest BCUT2D eigenvalue weighted by Crippen LogP contribution is -2.08. The van der Waals surface area contributed by atoms with Crippen LogP contribution in [0.2, 0.25) is 5.15 Å². The molecule has 94 valence electrons. The molecule has 0 bridgehead atoms. The summed E-state index contributed by atoms with van der Waals surface area (Å²) >= 11 is 5.63. The van der Waals surface area contributed by atoms with Crippen LogP contribution in [-0.4, -0.2) is 11.0 Å². The Morgan fingerprint density at radius 3 is 2.58 bits per heavy atom. The van der Waals surface area contributed by atoms with Gasteiger partial charge in [-0.2, -0.15) is 5.26 Å². The van der Waals surface area contributed by atoms with Gasteiger partial charge in [-0.05, 0) is 29.8 Å². The van der Waals surface area contributed by atoms with E-state index in [0.29, 0.717) is 22.9 Å². The van der Waals surface area contributed by atoms with Crippen LogP contribution in [0.1, 0.15) is 15.9 Å². The number of nitriles is 1. The highest BCUT2D eigenvalue weighted by Crippen LogP contribution is 2.15. The molecule has 5 heteroatoms. The average Bonchev–Trinajstić information content (AvgIpc) is 2.42. The van der Waals surface area contributed by atoms with Gasteiger partial charge in [0.25, 0.3) is 0 Å². The van der Waals surface area contributed by atoms with Gasteiger partial charge < -0.3 is 4.74 Å². The Labute approximate surface area is 115 Å². The summed E-state index contributed by atoms with van der Waals surface area (Å²) in [5, 5.41) is 8.87. The van der Waals surface area contributed by atoms with Crippen molar-refractivity contribution in [3.8, 4) is 11.8 Å². The monoisotopic (exact) mass is 272 g/mol. The van der Waals surface area contributed by atoms with Gasteiger partial charge >= 0.3 is 5.97 Å². The summed E-state index contributed by atoms with van der Waals surface area (Å²) in [6.45, 7) is 0. The van der Waals surface area contributed by atoms with Crippen LogP contribution < -0.4 is 4.74 Å². The van der Waals surface area contributed by atoms with Crippen LogP contribution >= 0.6 is 11.6 Å². The van der Waals surface area contributed by atoms with Crippen molar-refractivity contribution in [3.63, 3.8) is 0 Å². The standard InChI is InChI=1S/C14H9ClN2O2/c15-13-6-3-11(9-17-13)14(18)19-12-4-1-10(2-5-12)7-8-16/h1-6,9H,7H2. The van der Waals surface area contributed by atoms with E-state index in [2.05, 4.69) is 4.98 Å². The third-order valence-corrected chi connectivity index (χ3v) is 2.60. The molecule has 0 saturated carbocycles. The van der Waals surface area contributed by atoms with Gasteiger partial charge in [0.1, 0.15) is 10.9 Å². The van der Waals surface area contributed by atoms with E-state index in [1.165, 1.54) is 12.3 Å². The second kappa shape index (κ2) is 5.98. The lowest BCUT2D eigenvalue weighted by molar-refractivity contribution is 0.0734. The minimum atomic E-state index is -0.503. The molecule has 2 aromatic rings. The molecular formula is C14H9ClN2O2. The molecule has 4 nitrogen and oxygen atoms in total.